The quantitative estimate of drug-likeness (QED) is 0.851. The van der Waals surface area contributed by atoms with Crippen LogP contribution in [0, 0.1) is 5.41 Å². The van der Waals surface area contributed by atoms with Gasteiger partial charge in [0.05, 0.1) is 15.7 Å². The van der Waals surface area contributed by atoms with Gasteiger partial charge in [-0.15, -0.1) is 0 Å². The van der Waals surface area contributed by atoms with Crippen molar-refractivity contribution in [3.63, 3.8) is 0 Å². The van der Waals surface area contributed by atoms with Crippen molar-refractivity contribution < 1.29 is 9.59 Å². The van der Waals surface area contributed by atoms with Crippen molar-refractivity contribution in [1.82, 2.24) is 4.90 Å². The van der Waals surface area contributed by atoms with Gasteiger partial charge in [-0.25, -0.2) is 0 Å². The van der Waals surface area contributed by atoms with Crippen LogP contribution in [0.4, 0.5) is 5.69 Å². The fourth-order valence-corrected chi connectivity index (χ4v) is 3.65. The van der Waals surface area contributed by atoms with Crippen LogP contribution in [0.2, 0.25) is 10.0 Å². The van der Waals surface area contributed by atoms with Gasteiger partial charge in [-0.3, -0.25) is 9.59 Å². The summed E-state index contributed by atoms with van der Waals surface area (Å²) in [5, 5.41) is 3.63. The molecule has 2 amide bonds. The summed E-state index contributed by atoms with van der Waals surface area (Å²) in [6, 6.07) is 5.10. The lowest BCUT2D eigenvalue weighted by molar-refractivity contribution is -0.131. The standard InChI is InChI=1S/C17H22Cl2N2O2/c1-21(2)15(23)11-17(8-3-4-9-17)10-14(22)20-16-12(18)6-5-7-13(16)19/h5-7H,3-4,8-11H2,1-2H3,(H,20,22). The van der Waals surface area contributed by atoms with E-state index in [0.717, 1.165) is 25.7 Å². The van der Waals surface area contributed by atoms with Crippen LogP contribution < -0.4 is 5.32 Å². The van der Waals surface area contributed by atoms with E-state index in [-0.39, 0.29) is 17.2 Å². The second kappa shape index (κ2) is 7.54. The highest BCUT2D eigenvalue weighted by Crippen LogP contribution is 2.44. The van der Waals surface area contributed by atoms with Crippen LogP contribution in [-0.4, -0.2) is 30.8 Å². The van der Waals surface area contributed by atoms with Crippen molar-refractivity contribution in [1.29, 1.82) is 0 Å². The Morgan fingerprint density at radius 3 is 2.22 bits per heavy atom. The molecule has 0 heterocycles. The molecule has 1 N–H and O–H groups in total. The Bertz CT molecular complexity index is 576. The Morgan fingerprint density at radius 2 is 1.70 bits per heavy atom. The summed E-state index contributed by atoms with van der Waals surface area (Å²) in [7, 11) is 3.49. The fraction of sp³-hybridized carbons (Fsp3) is 0.529. The maximum absolute atomic E-state index is 12.5. The number of para-hydroxylation sites is 1. The molecule has 0 unspecified atom stereocenters. The van der Waals surface area contributed by atoms with E-state index in [1.54, 1.807) is 37.2 Å². The normalized spacial score (nSPS) is 16.2. The van der Waals surface area contributed by atoms with Gasteiger partial charge in [-0.2, -0.15) is 0 Å². The van der Waals surface area contributed by atoms with Crippen molar-refractivity contribution in [2.75, 3.05) is 19.4 Å². The molecule has 0 spiro atoms. The maximum atomic E-state index is 12.5. The van der Waals surface area contributed by atoms with E-state index in [2.05, 4.69) is 5.32 Å². The highest BCUT2D eigenvalue weighted by Gasteiger charge is 2.38. The average Bonchev–Trinajstić information content (AvgIpc) is 2.91. The molecule has 1 aromatic rings. The van der Waals surface area contributed by atoms with Crippen LogP contribution in [0.1, 0.15) is 38.5 Å². The number of nitrogens with one attached hydrogen (secondary N) is 1. The topological polar surface area (TPSA) is 49.4 Å². The second-order valence-corrected chi connectivity index (χ2v) is 7.31. The molecule has 0 saturated heterocycles. The van der Waals surface area contributed by atoms with Gasteiger partial charge in [0, 0.05) is 26.9 Å². The third kappa shape index (κ3) is 4.61. The lowest BCUT2D eigenvalue weighted by Crippen LogP contribution is -2.32. The zero-order valence-electron chi connectivity index (χ0n) is 13.5. The predicted octanol–water partition coefficient (Wildman–Crippen LogP) is 4.36. The Morgan fingerprint density at radius 1 is 1.13 bits per heavy atom. The number of anilines is 1. The molecule has 1 aliphatic rings. The van der Waals surface area contributed by atoms with Gasteiger partial charge in [0.15, 0.2) is 0 Å². The fourth-order valence-electron chi connectivity index (χ4n) is 3.16. The van der Waals surface area contributed by atoms with E-state index in [4.69, 9.17) is 23.2 Å². The molecule has 6 heteroatoms. The highest BCUT2D eigenvalue weighted by molar-refractivity contribution is 6.39. The van der Waals surface area contributed by atoms with Crippen LogP contribution in [0.15, 0.2) is 18.2 Å². The molecular formula is C17H22Cl2N2O2. The van der Waals surface area contributed by atoms with Crippen LogP contribution in [0.3, 0.4) is 0 Å². The first kappa shape index (κ1) is 18.1. The van der Waals surface area contributed by atoms with Gasteiger partial charge in [-0.1, -0.05) is 42.1 Å². The SMILES string of the molecule is CN(C)C(=O)CC1(CC(=O)Nc2c(Cl)cccc2Cl)CCCC1. The van der Waals surface area contributed by atoms with Gasteiger partial charge < -0.3 is 10.2 Å². The lowest BCUT2D eigenvalue weighted by atomic mass is 9.78. The van der Waals surface area contributed by atoms with Gasteiger partial charge in [0.2, 0.25) is 11.8 Å². The van der Waals surface area contributed by atoms with E-state index in [1.807, 2.05) is 0 Å². The second-order valence-electron chi connectivity index (χ2n) is 6.49. The van der Waals surface area contributed by atoms with E-state index in [1.165, 1.54) is 0 Å². The van der Waals surface area contributed by atoms with E-state index < -0.39 is 0 Å². The monoisotopic (exact) mass is 356 g/mol. The molecule has 1 aliphatic carbocycles. The van der Waals surface area contributed by atoms with Crippen molar-refractivity contribution in [3.05, 3.63) is 28.2 Å². The maximum Gasteiger partial charge on any atom is 0.225 e. The Labute approximate surface area is 147 Å². The summed E-state index contributed by atoms with van der Waals surface area (Å²) in [5.74, 6) is -0.0797. The van der Waals surface area contributed by atoms with Crippen molar-refractivity contribution in [2.24, 2.45) is 5.41 Å². The van der Waals surface area contributed by atoms with Crippen molar-refractivity contribution in [2.45, 2.75) is 38.5 Å². The van der Waals surface area contributed by atoms with Gasteiger partial charge >= 0.3 is 0 Å². The molecule has 1 fully saturated rings. The first-order valence-corrected chi connectivity index (χ1v) is 8.53. The van der Waals surface area contributed by atoms with Crippen molar-refractivity contribution in [3.8, 4) is 0 Å². The zero-order chi connectivity index (χ0) is 17.0. The molecule has 1 aromatic carbocycles. The number of carbonyl (C=O) groups is 2. The highest BCUT2D eigenvalue weighted by atomic mass is 35.5. The average molecular weight is 357 g/mol. The molecular weight excluding hydrogens is 335 g/mol. The summed E-state index contributed by atoms with van der Waals surface area (Å²) in [6.07, 6.45) is 4.63. The zero-order valence-corrected chi connectivity index (χ0v) is 15.0. The molecule has 23 heavy (non-hydrogen) atoms. The van der Waals surface area contributed by atoms with E-state index in [0.29, 0.717) is 28.6 Å². The van der Waals surface area contributed by atoms with E-state index >= 15 is 0 Å². The summed E-state index contributed by atoms with van der Waals surface area (Å²) in [6.45, 7) is 0. The number of hydrogen-bond donors (Lipinski definition) is 1. The Kier molecular flexibility index (Phi) is 5.93. The summed E-state index contributed by atoms with van der Waals surface area (Å²) in [5.41, 5.74) is 0.187. The minimum absolute atomic E-state index is 0.0653. The number of hydrogen-bond acceptors (Lipinski definition) is 2. The molecule has 0 aromatic heterocycles. The minimum atomic E-state index is -0.251. The number of benzene rings is 1. The predicted molar refractivity (Wildman–Crippen MR) is 93.9 cm³/mol. The molecule has 4 nitrogen and oxygen atoms in total. The first-order chi connectivity index (χ1) is 10.8. The van der Waals surface area contributed by atoms with Crippen LogP contribution in [0.25, 0.3) is 0 Å². The molecule has 1 saturated carbocycles. The van der Waals surface area contributed by atoms with Crippen LogP contribution in [0.5, 0.6) is 0 Å². The number of amides is 2. The van der Waals surface area contributed by atoms with Crippen LogP contribution >= 0.6 is 23.2 Å². The summed E-state index contributed by atoms with van der Waals surface area (Å²) < 4.78 is 0. The minimum Gasteiger partial charge on any atom is -0.349 e. The number of rotatable bonds is 5. The molecule has 2 rings (SSSR count). The number of halogens is 2. The third-order valence-electron chi connectivity index (χ3n) is 4.45. The Hall–Kier alpha value is -1.26. The van der Waals surface area contributed by atoms with Crippen molar-refractivity contribution >= 4 is 40.7 Å². The Balaban J connectivity index is 2.08. The lowest BCUT2D eigenvalue weighted by Gasteiger charge is -2.29. The van der Waals surface area contributed by atoms with Gasteiger partial charge in [0.25, 0.3) is 0 Å². The number of nitrogens with zero attached hydrogens (tertiary/aromatic N) is 1. The molecule has 0 bridgehead atoms. The first-order valence-electron chi connectivity index (χ1n) is 7.77. The van der Waals surface area contributed by atoms with E-state index in [9.17, 15) is 9.59 Å². The summed E-state index contributed by atoms with van der Waals surface area (Å²) in [4.78, 5) is 26.2. The smallest absolute Gasteiger partial charge is 0.225 e. The molecule has 0 atom stereocenters. The van der Waals surface area contributed by atoms with Crippen LogP contribution in [-0.2, 0) is 9.59 Å². The molecule has 0 aliphatic heterocycles. The summed E-state index contributed by atoms with van der Waals surface area (Å²) >= 11 is 12.2. The molecule has 0 radical (unpaired) electrons. The van der Waals surface area contributed by atoms with Gasteiger partial charge in [0.1, 0.15) is 0 Å². The number of carbonyl (C=O) groups excluding carboxylic acids is 2. The molecule has 126 valence electrons. The largest absolute Gasteiger partial charge is 0.349 e. The third-order valence-corrected chi connectivity index (χ3v) is 5.08. The van der Waals surface area contributed by atoms with Gasteiger partial charge in [-0.05, 0) is 30.4 Å².